The standard InChI is InChI=1S/C16H10Cl2O3.Na/c17-10-6-13-12(14(18)7-10)4-1-8-5-9(16(20)21)2-3-11(8)15(13)19;/h2-3,5-7H,1,4H2,(H,20,21);/q;+1/p-1. The van der Waals surface area contributed by atoms with Crippen LogP contribution in [0, 0.1) is 0 Å². The molecule has 0 aromatic heterocycles. The summed E-state index contributed by atoms with van der Waals surface area (Å²) < 4.78 is 0. The Labute approximate surface area is 159 Å². The number of ketones is 1. The Morgan fingerprint density at radius 1 is 1.05 bits per heavy atom. The van der Waals surface area contributed by atoms with Gasteiger partial charge in [-0.05, 0) is 47.7 Å². The minimum absolute atomic E-state index is 0. The molecule has 0 bridgehead atoms. The van der Waals surface area contributed by atoms with Gasteiger partial charge in [-0.15, -0.1) is 0 Å². The number of hydrogen-bond donors (Lipinski definition) is 0. The van der Waals surface area contributed by atoms with E-state index >= 15 is 0 Å². The van der Waals surface area contributed by atoms with Gasteiger partial charge in [0.25, 0.3) is 0 Å². The van der Waals surface area contributed by atoms with Crippen molar-refractivity contribution in [2.75, 3.05) is 0 Å². The van der Waals surface area contributed by atoms with Gasteiger partial charge in [-0.25, -0.2) is 0 Å². The fraction of sp³-hybridized carbons (Fsp3) is 0.125. The second kappa shape index (κ2) is 6.73. The van der Waals surface area contributed by atoms with E-state index in [1.165, 1.54) is 18.2 Å². The number of carboxylic acid groups (broad SMARTS) is 1. The van der Waals surface area contributed by atoms with E-state index in [1.54, 1.807) is 12.1 Å². The number of aryl methyl sites for hydroxylation is 1. The maximum absolute atomic E-state index is 12.6. The van der Waals surface area contributed by atoms with Gasteiger partial charge in [0.05, 0.1) is 5.97 Å². The number of halogens is 2. The SMILES string of the molecule is O=C([O-])c1ccc2c(c1)CCc1c(Cl)cc(Cl)cc1C2=O.[Na+]. The Morgan fingerprint density at radius 2 is 1.77 bits per heavy atom. The summed E-state index contributed by atoms with van der Waals surface area (Å²) in [4.78, 5) is 23.6. The van der Waals surface area contributed by atoms with Gasteiger partial charge in [0.1, 0.15) is 0 Å². The van der Waals surface area contributed by atoms with Crippen molar-refractivity contribution in [3.8, 4) is 0 Å². The summed E-state index contributed by atoms with van der Waals surface area (Å²) >= 11 is 12.1. The molecule has 0 atom stereocenters. The van der Waals surface area contributed by atoms with Crippen molar-refractivity contribution in [2.45, 2.75) is 12.8 Å². The van der Waals surface area contributed by atoms with Gasteiger partial charge < -0.3 is 9.90 Å². The molecule has 0 N–H and O–H groups in total. The Bertz CT molecular complexity index is 787. The molecule has 1 aliphatic rings. The third-order valence-electron chi connectivity index (χ3n) is 3.63. The fourth-order valence-electron chi connectivity index (χ4n) is 2.61. The number of hydrogen-bond acceptors (Lipinski definition) is 3. The van der Waals surface area contributed by atoms with Crippen molar-refractivity contribution in [1.29, 1.82) is 0 Å². The van der Waals surface area contributed by atoms with Crippen LogP contribution in [0.5, 0.6) is 0 Å². The van der Waals surface area contributed by atoms with Gasteiger partial charge >= 0.3 is 29.6 Å². The number of carboxylic acids is 1. The number of fused-ring (bicyclic) bond motifs is 2. The molecule has 0 amide bonds. The number of benzene rings is 2. The van der Waals surface area contributed by atoms with Crippen LogP contribution in [0.4, 0.5) is 0 Å². The Balaban J connectivity index is 0.00000176. The van der Waals surface area contributed by atoms with Gasteiger partial charge in [0, 0.05) is 21.2 Å². The summed E-state index contributed by atoms with van der Waals surface area (Å²) in [5, 5.41) is 11.8. The van der Waals surface area contributed by atoms with E-state index in [2.05, 4.69) is 0 Å². The molecule has 106 valence electrons. The summed E-state index contributed by atoms with van der Waals surface area (Å²) in [6, 6.07) is 7.60. The van der Waals surface area contributed by atoms with E-state index in [0.717, 1.165) is 5.56 Å². The fourth-order valence-corrected chi connectivity index (χ4v) is 3.20. The summed E-state index contributed by atoms with van der Waals surface area (Å²) in [5.74, 6) is -1.44. The summed E-state index contributed by atoms with van der Waals surface area (Å²) in [7, 11) is 0. The molecule has 0 fully saturated rings. The number of carbonyl (C=O) groups excluding carboxylic acids is 2. The van der Waals surface area contributed by atoms with Crippen LogP contribution >= 0.6 is 23.2 Å². The number of rotatable bonds is 1. The largest absolute Gasteiger partial charge is 1.00 e. The van der Waals surface area contributed by atoms with E-state index < -0.39 is 5.97 Å². The van der Waals surface area contributed by atoms with Crippen LogP contribution in [0.25, 0.3) is 0 Å². The van der Waals surface area contributed by atoms with Crippen molar-refractivity contribution < 1.29 is 44.3 Å². The molecular weight excluding hydrogens is 334 g/mol. The number of aromatic carboxylic acids is 1. The van der Waals surface area contributed by atoms with Crippen molar-refractivity contribution in [3.63, 3.8) is 0 Å². The van der Waals surface area contributed by atoms with Gasteiger partial charge in [-0.1, -0.05) is 35.3 Å². The van der Waals surface area contributed by atoms with Crippen LogP contribution in [0.3, 0.4) is 0 Å². The van der Waals surface area contributed by atoms with E-state index in [4.69, 9.17) is 23.2 Å². The quantitative estimate of drug-likeness (QED) is 0.668. The van der Waals surface area contributed by atoms with E-state index in [9.17, 15) is 14.7 Å². The molecule has 2 aromatic rings. The monoisotopic (exact) mass is 342 g/mol. The molecule has 0 saturated heterocycles. The molecule has 0 unspecified atom stereocenters. The maximum atomic E-state index is 12.6. The topological polar surface area (TPSA) is 57.2 Å². The van der Waals surface area contributed by atoms with Gasteiger partial charge in [-0.3, -0.25) is 4.79 Å². The van der Waals surface area contributed by atoms with Crippen LogP contribution in [0.1, 0.15) is 37.4 Å². The molecule has 0 radical (unpaired) electrons. The van der Waals surface area contributed by atoms with Crippen LogP contribution in [0.2, 0.25) is 10.0 Å². The molecule has 2 aromatic carbocycles. The molecule has 0 aliphatic heterocycles. The molecule has 0 spiro atoms. The third-order valence-corrected chi connectivity index (χ3v) is 4.19. The van der Waals surface area contributed by atoms with Crippen molar-refractivity contribution in [3.05, 3.63) is 68.2 Å². The molecule has 0 heterocycles. The first-order chi connectivity index (χ1) is 9.97. The zero-order valence-corrected chi connectivity index (χ0v) is 15.3. The first-order valence-corrected chi connectivity index (χ1v) is 7.10. The van der Waals surface area contributed by atoms with Gasteiger partial charge in [0.2, 0.25) is 0 Å². The molecule has 0 saturated carbocycles. The van der Waals surface area contributed by atoms with E-state index in [-0.39, 0.29) is 40.9 Å². The van der Waals surface area contributed by atoms with Crippen LogP contribution in [-0.2, 0) is 12.8 Å². The molecule has 6 heteroatoms. The Hall–Kier alpha value is -0.840. The van der Waals surface area contributed by atoms with Crippen molar-refractivity contribution >= 4 is 35.0 Å². The number of carbonyl (C=O) groups is 2. The molecule has 22 heavy (non-hydrogen) atoms. The molecule has 3 nitrogen and oxygen atoms in total. The summed E-state index contributed by atoms with van der Waals surface area (Å²) in [6.45, 7) is 0. The summed E-state index contributed by atoms with van der Waals surface area (Å²) in [6.07, 6.45) is 1.09. The predicted octanol–water partition coefficient (Wildman–Crippen LogP) is -0.310. The average molecular weight is 343 g/mol. The first kappa shape index (κ1) is 17.5. The molecule has 1 aliphatic carbocycles. The molecular formula is C16H9Cl2NaO3. The predicted molar refractivity (Wildman–Crippen MR) is 78.1 cm³/mol. The second-order valence-corrected chi connectivity index (χ2v) is 5.75. The minimum Gasteiger partial charge on any atom is -0.545 e. The van der Waals surface area contributed by atoms with E-state index in [1.807, 2.05) is 0 Å². The van der Waals surface area contributed by atoms with Crippen LogP contribution in [-0.4, -0.2) is 11.8 Å². The van der Waals surface area contributed by atoms with Gasteiger partial charge in [0.15, 0.2) is 5.78 Å². The van der Waals surface area contributed by atoms with E-state index in [0.29, 0.717) is 39.6 Å². The van der Waals surface area contributed by atoms with Gasteiger partial charge in [-0.2, -0.15) is 0 Å². The van der Waals surface area contributed by atoms with Crippen molar-refractivity contribution in [1.82, 2.24) is 0 Å². The molecule has 3 rings (SSSR count). The smallest absolute Gasteiger partial charge is 0.545 e. The Kier molecular flexibility index (Phi) is 5.36. The maximum Gasteiger partial charge on any atom is 1.00 e. The second-order valence-electron chi connectivity index (χ2n) is 4.90. The zero-order valence-electron chi connectivity index (χ0n) is 11.8. The van der Waals surface area contributed by atoms with Crippen LogP contribution in [0.15, 0.2) is 30.3 Å². The zero-order chi connectivity index (χ0) is 15.1. The first-order valence-electron chi connectivity index (χ1n) is 6.34. The van der Waals surface area contributed by atoms with Crippen molar-refractivity contribution in [2.24, 2.45) is 0 Å². The van der Waals surface area contributed by atoms with Crippen LogP contribution < -0.4 is 34.7 Å². The third kappa shape index (κ3) is 3.10. The average Bonchev–Trinajstić information content (AvgIpc) is 2.57. The Morgan fingerprint density at radius 3 is 2.45 bits per heavy atom. The minimum atomic E-state index is -1.26. The summed E-state index contributed by atoms with van der Waals surface area (Å²) in [5.41, 5.74) is 2.46. The normalized spacial score (nSPS) is 12.7.